The molecule has 9 saturated heterocycles. The van der Waals surface area contributed by atoms with Crippen molar-refractivity contribution in [3.05, 3.63) is 11.9 Å². The Labute approximate surface area is 593 Å². The quantitative estimate of drug-likeness (QED) is 0.0409. The lowest BCUT2D eigenvalue weighted by Crippen LogP contribution is -2.68. The number of amides is 1. The Morgan fingerprint density at radius 2 is 0.724 bits per heavy atom. The van der Waals surface area contributed by atoms with Crippen LogP contribution in [0.15, 0.2) is 6.20 Å². The first-order valence-electron chi connectivity index (χ1n) is 33.7. The number of aromatic nitrogens is 3. The van der Waals surface area contributed by atoms with Crippen LogP contribution in [0, 0.1) is 0 Å². The van der Waals surface area contributed by atoms with Crippen LogP contribution < -0.4 is 0 Å². The van der Waals surface area contributed by atoms with E-state index in [0.717, 1.165) is 11.8 Å². The molecular weight excluding hydrogens is 1440 g/mol. The Bertz CT molecular complexity index is 2830. The molecule has 42 atom stereocenters. The van der Waals surface area contributed by atoms with Crippen LogP contribution in [0.1, 0.15) is 19.5 Å². The van der Waals surface area contributed by atoms with Gasteiger partial charge >= 0.3 is 0 Å². The van der Waals surface area contributed by atoms with Crippen molar-refractivity contribution in [3.63, 3.8) is 0 Å². The molecule has 1 aromatic heterocycles. The topological polar surface area (TPSA) is 714 Å². The zero-order valence-corrected chi connectivity index (χ0v) is 55.9. The van der Waals surface area contributed by atoms with Crippen LogP contribution in [0.25, 0.3) is 0 Å². The summed E-state index contributed by atoms with van der Waals surface area (Å²) in [5.41, 5.74) is 0.212. The summed E-state index contributed by atoms with van der Waals surface area (Å²) < 4.78 is 100. The second-order valence-corrected chi connectivity index (χ2v) is 26.7. The number of ether oxygens (including phenoxy) is 17. The van der Waals surface area contributed by atoms with E-state index in [0.29, 0.717) is 6.54 Å². The van der Waals surface area contributed by atoms with Gasteiger partial charge in [-0.15, -0.1) is 5.10 Å². The lowest BCUT2D eigenvalue weighted by Gasteiger charge is -2.50. The number of rotatable bonds is 26. The molecule has 0 aromatic carbocycles. The third kappa shape index (κ3) is 18.4. The minimum atomic E-state index is -2.50. The predicted molar refractivity (Wildman–Crippen MR) is 319 cm³/mol. The summed E-state index contributed by atoms with van der Waals surface area (Å²) in [5, 5.41) is 283. The molecule has 9 aliphatic rings. The number of carbonyl (C=O) groups is 1. The molecule has 0 aliphatic carbocycles. The van der Waals surface area contributed by atoms with Crippen molar-refractivity contribution < 1.29 is 213 Å². The van der Waals surface area contributed by atoms with Gasteiger partial charge in [-0.2, -0.15) is 0 Å². The number of hydrogen-bond acceptors (Lipinski definition) is 45. The lowest BCUT2D eigenvalue weighted by molar-refractivity contribution is -0.396. The molecule has 9 aliphatic heterocycles. The average molecular weight is 1540 g/mol. The number of aliphatic hydroxyl groups excluding tert-OH is 25. The number of aryl methyl sites for hydroxylation is 1. The molecular formula is C58H96N4O43. The van der Waals surface area contributed by atoms with E-state index in [1.165, 1.54) is 10.9 Å². The molecule has 10 rings (SSSR count). The highest BCUT2D eigenvalue weighted by Gasteiger charge is 2.59. The summed E-state index contributed by atoms with van der Waals surface area (Å²) in [7, 11) is 0. The van der Waals surface area contributed by atoms with Gasteiger partial charge < -0.3 is 213 Å². The molecule has 606 valence electrons. The van der Waals surface area contributed by atoms with Crippen molar-refractivity contribution in [2.45, 2.75) is 285 Å². The van der Waals surface area contributed by atoms with E-state index in [4.69, 9.17) is 80.5 Å². The maximum Gasteiger partial charge on any atom is 0.221 e. The maximum atomic E-state index is 13.1. The molecule has 1 aromatic rings. The van der Waals surface area contributed by atoms with E-state index in [1.54, 1.807) is 6.92 Å². The summed E-state index contributed by atoms with van der Waals surface area (Å²) >= 11 is 0. The highest BCUT2D eigenvalue weighted by Crippen LogP contribution is 2.38. The summed E-state index contributed by atoms with van der Waals surface area (Å²) in [4.78, 5) is 14.1. The Balaban J connectivity index is 0.945. The van der Waals surface area contributed by atoms with Crippen molar-refractivity contribution in [1.29, 1.82) is 0 Å². The maximum absolute atomic E-state index is 13.1. The normalized spacial score (nSPS) is 49.5. The van der Waals surface area contributed by atoms with Crippen LogP contribution in [0.4, 0.5) is 0 Å². The van der Waals surface area contributed by atoms with Crippen LogP contribution in [0.2, 0.25) is 0 Å². The Morgan fingerprint density at radius 1 is 0.390 bits per heavy atom. The van der Waals surface area contributed by atoms with Gasteiger partial charge in [0, 0.05) is 13.5 Å². The smallest absolute Gasteiger partial charge is 0.221 e. The highest BCUT2D eigenvalue weighted by atomic mass is 16.8. The molecule has 25 N–H and O–H groups in total. The number of aliphatic hydroxyl groups is 25. The minimum Gasteiger partial charge on any atom is -0.394 e. The Hall–Kier alpha value is -3.07. The van der Waals surface area contributed by atoms with E-state index in [1.807, 2.05) is 0 Å². The fourth-order valence-corrected chi connectivity index (χ4v) is 13.2. The number of nitrogens with zero attached hydrogens (tertiary/aromatic N) is 4. The van der Waals surface area contributed by atoms with E-state index in [9.17, 15) is 132 Å². The largest absolute Gasteiger partial charge is 0.394 e. The van der Waals surface area contributed by atoms with E-state index in [-0.39, 0.29) is 12.2 Å². The van der Waals surface area contributed by atoms with Gasteiger partial charge in [-0.05, 0) is 6.92 Å². The van der Waals surface area contributed by atoms with Crippen molar-refractivity contribution in [2.24, 2.45) is 0 Å². The number of carbonyl (C=O) groups excluding carboxylic acids is 1. The van der Waals surface area contributed by atoms with Crippen LogP contribution >= 0.6 is 0 Å². The first-order chi connectivity index (χ1) is 49.8. The first kappa shape index (κ1) is 84.4. The van der Waals surface area contributed by atoms with Gasteiger partial charge in [0.2, 0.25) is 5.91 Å². The molecule has 0 spiro atoms. The minimum absolute atomic E-state index is 0.212. The molecule has 16 unspecified atom stereocenters. The van der Waals surface area contributed by atoms with Crippen LogP contribution in [0.3, 0.4) is 0 Å². The molecule has 47 nitrogen and oxygen atoms in total. The zero-order valence-electron chi connectivity index (χ0n) is 55.9. The predicted octanol–water partition coefficient (Wildman–Crippen LogP) is -18.0. The van der Waals surface area contributed by atoms with Gasteiger partial charge in [-0.3, -0.25) is 9.48 Å². The van der Waals surface area contributed by atoms with Gasteiger partial charge in [-0.25, -0.2) is 0 Å². The van der Waals surface area contributed by atoms with Gasteiger partial charge in [0.25, 0.3) is 0 Å². The molecule has 47 heteroatoms. The van der Waals surface area contributed by atoms with Gasteiger partial charge in [0.15, 0.2) is 56.5 Å². The van der Waals surface area contributed by atoms with Gasteiger partial charge in [0.05, 0.1) is 72.2 Å². The molecule has 10 heterocycles. The Kier molecular flexibility index (Phi) is 29.4. The fourth-order valence-electron chi connectivity index (χ4n) is 13.2. The second-order valence-electron chi connectivity index (χ2n) is 26.7. The number of hydrogen-bond donors (Lipinski definition) is 25. The van der Waals surface area contributed by atoms with E-state index >= 15 is 0 Å². The van der Waals surface area contributed by atoms with Crippen LogP contribution in [-0.2, 0) is 98.4 Å². The second kappa shape index (κ2) is 36.6. The standard InChI is InChI=1S/C58H96N4O43/c1-3-61-4-16(59-60-61)5-62(15(2)66)50-38(82)35(79)45(22(8-65)95-50)101-55-43(87)36(80)47(25(99-55)14-94-58-49(28(72)19(69)11-91-58)105-53-41(85)33(77)30(74)21(7-64)97-53)103-56-44(88)37(81)46(102-54-42(86)34(78)31(75)23(98-54)12-92-51-39(83)26(70)17(67)9-89-51)24(100-56)13-93-57-48(27(71)18(68)10-90-57)104-52-40(84)32(76)29(73)20(6-63)96-52/h4,17-58,63-65,67-88H,3,5-14H2,1-2H3/t17-,18+,19-,20?,21?,22+,23?,24+,25?,26+,27?,28+,29+,30+,31-,32+,33+,34+,35?,36-,37?,38?,39?,40?,41?,42?,43?,44?,45-,46-,47-,48?,49?,50-,51-,52+,53+,54+,55+,56+,57+,58-/m1/s1. The molecule has 1 amide bonds. The van der Waals surface area contributed by atoms with Gasteiger partial charge in [-0.1, -0.05) is 5.21 Å². The zero-order chi connectivity index (χ0) is 76.5. The van der Waals surface area contributed by atoms with E-state index in [2.05, 4.69) is 10.3 Å². The summed E-state index contributed by atoms with van der Waals surface area (Å²) in [6, 6.07) is 0. The molecule has 0 bridgehead atoms. The lowest BCUT2D eigenvalue weighted by atomic mass is 9.95. The average Bonchev–Trinajstić information content (AvgIpc) is 1.10. The SMILES string of the molecule is CCn1cc(CN(C(C)=O)[C@@H]2O[C@@H](CO)[C@@H](O[C@@H]3OC(CO[C@H]4OC[C@@H](O)[C@H](O)C4O[C@@H]4OC(CO)[C@H](O)[C@H](O)C4O)[C@@H](O[C@@H]4O[C@@H](CO[C@@H]5OC[C@H](O)C(O)C5O[C@@H]5OC(CO)[C@H](O)[C@H](O)C5O)[C@@H](O[C@@H]5OC(CO[C@H]6OC[C@@H](O)[C@H](O)C6O)[C@@H](O)[C@H](O)C5O)C(O)C4O)[C@H](O)C3O)C(O)C2O)nn1. The van der Waals surface area contributed by atoms with Crippen LogP contribution in [-0.4, -0.2) is 471 Å². The van der Waals surface area contributed by atoms with Crippen molar-refractivity contribution >= 4 is 5.91 Å². The highest BCUT2D eigenvalue weighted by molar-refractivity contribution is 5.73. The monoisotopic (exact) mass is 1540 g/mol. The molecule has 9 fully saturated rings. The molecule has 105 heavy (non-hydrogen) atoms. The first-order valence-corrected chi connectivity index (χ1v) is 33.7. The van der Waals surface area contributed by atoms with Gasteiger partial charge in [0.1, 0.15) is 207 Å². The van der Waals surface area contributed by atoms with Crippen LogP contribution in [0.5, 0.6) is 0 Å². The third-order valence-corrected chi connectivity index (χ3v) is 19.5. The van der Waals surface area contributed by atoms with E-state index < -0.39 is 323 Å². The Morgan fingerprint density at radius 3 is 1.13 bits per heavy atom. The van der Waals surface area contributed by atoms with Crippen molar-refractivity contribution in [3.8, 4) is 0 Å². The van der Waals surface area contributed by atoms with Crippen molar-refractivity contribution in [1.82, 2.24) is 19.9 Å². The summed E-state index contributed by atoms with van der Waals surface area (Å²) in [5.74, 6) is -0.720. The summed E-state index contributed by atoms with van der Waals surface area (Å²) in [6.07, 6.45) is -83.6. The molecule has 0 saturated carbocycles. The third-order valence-electron chi connectivity index (χ3n) is 19.5. The van der Waals surface area contributed by atoms with Crippen molar-refractivity contribution in [2.75, 3.05) is 59.5 Å². The summed E-state index contributed by atoms with van der Waals surface area (Å²) in [6.45, 7) is -5.08. The fraction of sp³-hybridized carbons (Fsp3) is 0.948. The molecule has 0 radical (unpaired) electrons.